The highest BCUT2D eigenvalue weighted by Crippen LogP contribution is 2.27. The molecule has 2 amide bonds. The Bertz CT molecular complexity index is 784. The molecule has 1 unspecified atom stereocenters. The van der Waals surface area contributed by atoms with Gasteiger partial charge < -0.3 is 19.9 Å². The molecule has 0 saturated carbocycles. The summed E-state index contributed by atoms with van der Waals surface area (Å²) in [7, 11) is 5.26. The van der Waals surface area contributed by atoms with Crippen molar-refractivity contribution in [3.63, 3.8) is 0 Å². The van der Waals surface area contributed by atoms with Crippen molar-refractivity contribution in [3.05, 3.63) is 29.8 Å². The van der Waals surface area contributed by atoms with Crippen molar-refractivity contribution in [1.82, 2.24) is 15.1 Å². The zero-order valence-corrected chi connectivity index (χ0v) is 19.0. The fraction of sp³-hybridized carbons (Fsp3) is 0.609. The number of likely N-dealkylation sites (tertiary alicyclic amines) is 1. The highest BCUT2D eigenvalue weighted by Gasteiger charge is 2.52. The second-order valence-corrected chi connectivity index (χ2v) is 8.30. The fourth-order valence-corrected chi connectivity index (χ4v) is 3.75. The first-order valence-electron chi connectivity index (χ1n) is 10.9. The van der Waals surface area contributed by atoms with E-state index in [9.17, 15) is 23.2 Å². The number of Topliss-reactive ketones (excluding diaryl/α,β-unsaturated/α-hetero) is 1. The van der Waals surface area contributed by atoms with E-state index in [-0.39, 0.29) is 31.8 Å². The summed E-state index contributed by atoms with van der Waals surface area (Å²) in [6.45, 7) is 0.929. The molecule has 1 aromatic rings. The Morgan fingerprint density at radius 3 is 2.50 bits per heavy atom. The Morgan fingerprint density at radius 1 is 1.19 bits per heavy atom. The van der Waals surface area contributed by atoms with Gasteiger partial charge in [-0.05, 0) is 70.4 Å². The molecule has 0 aliphatic carbocycles. The Kier molecular flexibility index (Phi) is 9.56. The zero-order chi connectivity index (χ0) is 23.7. The summed E-state index contributed by atoms with van der Waals surface area (Å²) in [5.74, 6) is -6.85. The van der Waals surface area contributed by atoms with E-state index in [0.717, 1.165) is 11.3 Å². The van der Waals surface area contributed by atoms with E-state index in [2.05, 4.69) is 5.32 Å². The molecule has 1 aromatic carbocycles. The number of aryl methyl sites for hydroxylation is 1. The Balaban J connectivity index is 1.87. The van der Waals surface area contributed by atoms with E-state index in [4.69, 9.17) is 4.74 Å². The maximum atomic E-state index is 14.5. The number of alkyl halides is 2. The van der Waals surface area contributed by atoms with Crippen molar-refractivity contribution in [1.29, 1.82) is 0 Å². The van der Waals surface area contributed by atoms with E-state index >= 15 is 0 Å². The van der Waals surface area contributed by atoms with Crippen LogP contribution >= 0.6 is 0 Å². The van der Waals surface area contributed by atoms with Gasteiger partial charge >= 0.3 is 5.92 Å². The highest BCUT2D eigenvalue weighted by atomic mass is 19.3. The molecular formula is C23H33F2N3O4. The van der Waals surface area contributed by atoms with Crippen molar-refractivity contribution < 1.29 is 27.9 Å². The van der Waals surface area contributed by atoms with Crippen LogP contribution in [0.3, 0.4) is 0 Å². The summed E-state index contributed by atoms with van der Waals surface area (Å²) in [6, 6.07) is 6.22. The van der Waals surface area contributed by atoms with Gasteiger partial charge in [0.05, 0.1) is 13.2 Å². The third kappa shape index (κ3) is 6.98. The lowest BCUT2D eigenvalue weighted by atomic mass is 10.0. The molecule has 1 atom stereocenters. The molecule has 32 heavy (non-hydrogen) atoms. The monoisotopic (exact) mass is 453 g/mol. The topological polar surface area (TPSA) is 78.9 Å². The van der Waals surface area contributed by atoms with Crippen molar-refractivity contribution in [3.8, 4) is 5.75 Å². The Labute approximate surface area is 188 Å². The molecule has 178 valence electrons. The van der Waals surface area contributed by atoms with Gasteiger partial charge in [-0.25, -0.2) is 0 Å². The van der Waals surface area contributed by atoms with Crippen molar-refractivity contribution in [2.24, 2.45) is 0 Å². The van der Waals surface area contributed by atoms with Gasteiger partial charge in [-0.15, -0.1) is 0 Å². The van der Waals surface area contributed by atoms with E-state index < -0.39 is 23.7 Å². The van der Waals surface area contributed by atoms with Gasteiger partial charge in [-0.3, -0.25) is 14.4 Å². The van der Waals surface area contributed by atoms with Crippen molar-refractivity contribution in [2.45, 2.75) is 50.5 Å². The van der Waals surface area contributed by atoms with Crippen LogP contribution in [-0.4, -0.2) is 80.2 Å². The maximum absolute atomic E-state index is 14.5. The van der Waals surface area contributed by atoms with Gasteiger partial charge in [0.1, 0.15) is 5.75 Å². The van der Waals surface area contributed by atoms with Crippen LogP contribution in [0.15, 0.2) is 24.3 Å². The molecule has 1 fully saturated rings. The number of amides is 2. The molecule has 2 rings (SSSR count). The number of nitrogens with zero attached hydrogens (tertiary/aromatic N) is 2. The Hall–Kier alpha value is -2.55. The summed E-state index contributed by atoms with van der Waals surface area (Å²) in [5, 5.41) is 2.14. The van der Waals surface area contributed by atoms with Crippen LogP contribution in [0.4, 0.5) is 8.78 Å². The largest absolute Gasteiger partial charge is 0.497 e. The van der Waals surface area contributed by atoms with Gasteiger partial charge in [0.25, 0.3) is 5.91 Å². The summed E-state index contributed by atoms with van der Waals surface area (Å²) >= 11 is 0. The lowest BCUT2D eigenvalue weighted by molar-refractivity contribution is -0.162. The number of methoxy groups -OCH3 is 1. The van der Waals surface area contributed by atoms with Gasteiger partial charge in [-0.2, -0.15) is 8.78 Å². The van der Waals surface area contributed by atoms with Crippen LogP contribution in [0.25, 0.3) is 0 Å². The zero-order valence-electron chi connectivity index (χ0n) is 19.0. The molecule has 1 saturated heterocycles. The molecule has 1 heterocycles. The van der Waals surface area contributed by atoms with Gasteiger partial charge in [0.15, 0.2) is 0 Å². The minimum Gasteiger partial charge on any atom is -0.497 e. The lowest BCUT2D eigenvalue weighted by Crippen LogP contribution is -2.54. The third-order valence-electron chi connectivity index (χ3n) is 5.55. The molecule has 1 aliphatic rings. The fourth-order valence-electron chi connectivity index (χ4n) is 3.75. The number of carbonyl (C=O) groups is 3. The number of halogens is 2. The SMILES string of the molecule is COc1ccc(CCCC(=O)N2CCCC2C(=O)C(F)(F)C(=O)NCCCN(C)C)cc1. The van der Waals surface area contributed by atoms with Gasteiger partial charge in [0, 0.05) is 19.5 Å². The highest BCUT2D eigenvalue weighted by molar-refractivity contribution is 6.10. The minimum atomic E-state index is -4.16. The summed E-state index contributed by atoms with van der Waals surface area (Å²) in [5.41, 5.74) is 1.03. The number of nitrogens with one attached hydrogen (secondary N) is 1. The van der Waals surface area contributed by atoms with E-state index in [0.29, 0.717) is 32.2 Å². The van der Waals surface area contributed by atoms with E-state index in [1.165, 1.54) is 4.90 Å². The van der Waals surface area contributed by atoms with E-state index in [1.54, 1.807) is 7.11 Å². The summed E-state index contributed by atoms with van der Waals surface area (Å²) < 4.78 is 34.1. The number of ketones is 1. The van der Waals surface area contributed by atoms with Gasteiger partial charge in [-0.1, -0.05) is 12.1 Å². The maximum Gasteiger partial charge on any atom is 0.383 e. The molecule has 9 heteroatoms. The number of benzene rings is 1. The molecule has 0 bridgehead atoms. The van der Waals surface area contributed by atoms with E-state index in [1.807, 2.05) is 43.3 Å². The number of ether oxygens (including phenoxy) is 1. The molecule has 0 aromatic heterocycles. The average molecular weight is 454 g/mol. The normalized spacial score (nSPS) is 16.3. The van der Waals surface area contributed by atoms with Crippen LogP contribution in [0, 0.1) is 0 Å². The van der Waals surface area contributed by atoms with Crippen molar-refractivity contribution >= 4 is 17.6 Å². The molecular weight excluding hydrogens is 420 g/mol. The number of rotatable bonds is 12. The smallest absolute Gasteiger partial charge is 0.383 e. The minimum absolute atomic E-state index is 0.0541. The molecule has 7 nitrogen and oxygen atoms in total. The Morgan fingerprint density at radius 2 is 1.88 bits per heavy atom. The van der Waals surface area contributed by atoms with Crippen LogP contribution in [-0.2, 0) is 20.8 Å². The first-order valence-corrected chi connectivity index (χ1v) is 10.9. The molecule has 0 radical (unpaired) electrons. The second-order valence-electron chi connectivity index (χ2n) is 8.30. The number of hydrogen-bond acceptors (Lipinski definition) is 5. The van der Waals surface area contributed by atoms with Crippen LogP contribution in [0.2, 0.25) is 0 Å². The molecule has 0 spiro atoms. The first kappa shape index (κ1) is 25.7. The predicted molar refractivity (Wildman–Crippen MR) is 117 cm³/mol. The third-order valence-corrected chi connectivity index (χ3v) is 5.55. The molecule has 1 aliphatic heterocycles. The van der Waals surface area contributed by atoms with Crippen LogP contribution < -0.4 is 10.1 Å². The van der Waals surface area contributed by atoms with Crippen LogP contribution in [0.5, 0.6) is 5.75 Å². The number of carbonyl (C=O) groups excluding carboxylic acids is 3. The average Bonchev–Trinajstić information content (AvgIpc) is 3.26. The second kappa shape index (κ2) is 11.9. The standard InChI is InChI=1S/C23H33F2N3O4/c1-27(2)15-6-14-26-22(31)23(24,25)21(30)19-8-5-16-28(19)20(29)9-4-7-17-10-12-18(32-3)13-11-17/h10-13,19H,4-9,14-16H2,1-3H3,(H,26,31). The van der Waals surface area contributed by atoms with Gasteiger partial charge in [0.2, 0.25) is 11.7 Å². The first-order chi connectivity index (χ1) is 15.2. The number of hydrogen-bond donors (Lipinski definition) is 1. The van der Waals surface area contributed by atoms with Crippen LogP contribution in [0.1, 0.15) is 37.7 Å². The predicted octanol–water partition coefficient (Wildman–Crippen LogP) is 2.28. The summed E-state index contributed by atoms with van der Waals surface area (Å²) in [6.07, 6.45) is 2.43. The lowest BCUT2D eigenvalue weighted by Gasteiger charge is -2.26. The quantitative estimate of drug-likeness (QED) is 0.388. The van der Waals surface area contributed by atoms with Crippen molar-refractivity contribution in [2.75, 3.05) is 40.8 Å². The summed E-state index contributed by atoms with van der Waals surface area (Å²) in [4.78, 5) is 40.2. The molecule has 1 N–H and O–H groups in total.